The molecule has 0 unspecified atom stereocenters. The van der Waals surface area contributed by atoms with E-state index in [0.29, 0.717) is 6.07 Å². The minimum absolute atomic E-state index is 0.0484. The number of hydrogen-bond donors (Lipinski definition) is 1. The van der Waals surface area contributed by atoms with Crippen LogP contribution in [-0.2, 0) is 0 Å². The van der Waals surface area contributed by atoms with Gasteiger partial charge in [-0.15, -0.1) is 0 Å². The molecule has 0 aliphatic carbocycles. The first-order valence-corrected chi connectivity index (χ1v) is 5.35. The lowest BCUT2D eigenvalue weighted by atomic mass is 10.1. The number of rotatable bonds is 4. The fraction of sp³-hybridized carbons (Fsp3) is 0.364. The Balaban J connectivity index is 3.21. The van der Waals surface area contributed by atoms with Gasteiger partial charge < -0.3 is 5.32 Å². The highest BCUT2D eigenvalue weighted by Gasteiger charge is 2.28. The zero-order chi connectivity index (χ0) is 14.7. The van der Waals surface area contributed by atoms with Crippen LogP contribution in [0.15, 0.2) is 6.07 Å². The topological polar surface area (TPSA) is 72.2 Å². The Labute approximate surface area is 106 Å². The second-order valence-electron chi connectivity index (χ2n) is 4.25. The van der Waals surface area contributed by atoms with Crippen LogP contribution in [-0.4, -0.2) is 17.4 Å². The number of carbonyl (C=O) groups excluding carboxylic acids is 1. The second kappa shape index (κ2) is 5.68. The number of amides is 1. The van der Waals surface area contributed by atoms with E-state index in [0.717, 1.165) is 0 Å². The molecule has 0 saturated heterocycles. The van der Waals surface area contributed by atoms with Crippen molar-refractivity contribution in [3.63, 3.8) is 0 Å². The van der Waals surface area contributed by atoms with Gasteiger partial charge in [0.15, 0.2) is 5.82 Å². The molecule has 1 aromatic rings. The molecule has 1 aromatic carbocycles. The van der Waals surface area contributed by atoms with E-state index < -0.39 is 39.5 Å². The van der Waals surface area contributed by atoms with Gasteiger partial charge in [0.05, 0.1) is 10.5 Å². The molecule has 1 amide bonds. The Morgan fingerprint density at radius 2 is 1.89 bits per heavy atom. The number of nitro benzene ring substituents is 1. The predicted octanol–water partition coefficient (Wildman–Crippen LogP) is 2.40. The summed E-state index contributed by atoms with van der Waals surface area (Å²) in [6.45, 7) is 3.71. The summed E-state index contributed by atoms with van der Waals surface area (Å²) in [6.07, 6.45) is 0. The van der Waals surface area contributed by atoms with Crippen LogP contribution < -0.4 is 5.32 Å². The van der Waals surface area contributed by atoms with E-state index in [4.69, 9.17) is 0 Å². The maximum Gasteiger partial charge on any atom is 0.308 e. The van der Waals surface area contributed by atoms with Crippen molar-refractivity contribution >= 4 is 11.6 Å². The average Bonchev–Trinajstić information content (AvgIpc) is 2.33. The van der Waals surface area contributed by atoms with Crippen molar-refractivity contribution in [2.24, 2.45) is 5.92 Å². The summed E-state index contributed by atoms with van der Waals surface area (Å²) in [5.74, 6) is -6.70. The van der Waals surface area contributed by atoms with Crippen LogP contribution in [0.1, 0.15) is 24.2 Å². The van der Waals surface area contributed by atoms with Crippen LogP contribution in [0.2, 0.25) is 0 Å². The van der Waals surface area contributed by atoms with Crippen LogP contribution in [0.25, 0.3) is 0 Å². The van der Waals surface area contributed by atoms with E-state index in [1.165, 1.54) is 0 Å². The molecule has 1 N–H and O–H groups in total. The molecule has 0 aliphatic rings. The number of nitrogens with zero attached hydrogens (tertiary/aromatic N) is 1. The molecule has 0 spiro atoms. The Morgan fingerprint density at radius 1 is 1.32 bits per heavy atom. The van der Waals surface area contributed by atoms with Gasteiger partial charge in [-0.25, -0.2) is 8.78 Å². The lowest BCUT2D eigenvalue weighted by Crippen LogP contribution is -2.28. The van der Waals surface area contributed by atoms with Gasteiger partial charge in [-0.05, 0) is 5.92 Å². The van der Waals surface area contributed by atoms with E-state index in [2.05, 4.69) is 5.32 Å². The summed E-state index contributed by atoms with van der Waals surface area (Å²) in [7, 11) is 0. The standard InChI is InChI=1S/C11H11F3N2O3/c1-5(2)4-15-11(17)6-3-7(16(18)19)9(13)10(14)8(6)12/h3,5H,4H2,1-2H3,(H,15,17). The van der Waals surface area contributed by atoms with Gasteiger partial charge in [-0.3, -0.25) is 14.9 Å². The molecule has 19 heavy (non-hydrogen) atoms. The molecule has 0 saturated carbocycles. The van der Waals surface area contributed by atoms with Gasteiger partial charge in [0.2, 0.25) is 11.6 Å². The highest BCUT2D eigenvalue weighted by atomic mass is 19.2. The number of nitro groups is 1. The third-order valence-electron chi connectivity index (χ3n) is 2.24. The second-order valence-corrected chi connectivity index (χ2v) is 4.25. The molecule has 0 atom stereocenters. The lowest BCUT2D eigenvalue weighted by molar-refractivity contribution is -0.387. The summed E-state index contributed by atoms with van der Waals surface area (Å²) >= 11 is 0. The Morgan fingerprint density at radius 3 is 2.37 bits per heavy atom. The Bertz CT molecular complexity index is 532. The molecule has 0 radical (unpaired) electrons. The molecular formula is C11H11F3N2O3. The molecule has 5 nitrogen and oxygen atoms in total. The maximum absolute atomic E-state index is 13.4. The van der Waals surface area contributed by atoms with Gasteiger partial charge in [-0.2, -0.15) is 4.39 Å². The highest BCUT2D eigenvalue weighted by molar-refractivity contribution is 5.95. The van der Waals surface area contributed by atoms with Crippen LogP contribution in [0.4, 0.5) is 18.9 Å². The molecule has 0 heterocycles. The number of hydrogen-bond acceptors (Lipinski definition) is 3. The zero-order valence-corrected chi connectivity index (χ0v) is 10.2. The third-order valence-corrected chi connectivity index (χ3v) is 2.24. The third kappa shape index (κ3) is 3.21. The van der Waals surface area contributed by atoms with Crippen LogP contribution in [0.3, 0.4) is 0 Å². The van der Waals surface area contributed by atoms with Gasteiger partial charge in [0.25, 0.3) is 5.91 Å². The molecule has 1 rings (SSSR count). The van der Waals surface area contributed by atoms with E-state index in [9.17, 15) is 28.1 Å². The number of nitrogens with one attached hydrogen (secondary N) is 1. The van der Waals surface area contributed by atoms with Crippen molar-refractivity contribution in [3.8, 4) is 0 Å². The smallest absolute Gasteiger partial charge is 0.308 e. The summed E-state index contributed by atoms with van der Waals surface area (Å²) in [5, 5.41) is 12.7. The van der Waals surface area contributed by atoms with Gasteiger partial charge in [-0.1, -0.05) is 13.8 Å². The van der Waals surface area contributed by atoms with Crippen LogP contribution >= 0.6 is 0 Å². The molecule has 8 heteroatoms. The van der Waals surface area contributed by atoms with Gasteiger partial charge in [0, 0.05) is 12.6 Å². The molecule has 104 valence electrons. The average molecular weight is 276 g/mol. The van der Waals surface area contributed by atoms with Crippen molar-refractivity contribution in [1.82, 2.24) is 5.32 Å². The maximum atomic E-state index is 13.4. The van der Waals surface area contributed by atoms with E-state index >= 15 is 0 Å². The normalized spacial score (nSPS) is 10.6. The van der Waals surface area contributed by atoms with Crippen LogP contribution in [0.5, 0.6) is 0 Å². The van der Waals surface area contributed by atoms with E-state index in [-0.39, 0.29) is 12.5 Å². The predicted molar refractivity (Wildman–Crippen MR) is 60.1 cm³/mol. The first kappa shape index (κ1) is 14.9. The van der Waals surface area contributed by atoms with Gasteiger partial charge in [0.1, 0.15) is 0 Å². The number of halogens is 3. The fourth-order valence-electron chi connectivity index (χ4n) is 1.28. The van der Waals surface area contributed by atoms with E-state index in [1.807, 2.05) is 0 Å². The molecule has 0 fully saturated rings. The fourth-order valence-corrected chi connectivity index (χ4v) is 1.28. The largest absolute Gasteiger partial charge is 0.352 e. The molecule has 0 aromatic heterocycles. The highest BCUT2D eigenvalue weighted by Crippen LogP contribution is 2.25. The van der Waals surface area contributed by atoms with Crippen LogP contribution in [0, 0.1) is 33.5 Å². The van der Waals surface area contributed by atoms with Crippen molar-refractivity contribution in [1.29, 1.82) is 0 Å². The summed E-state index contributed by atoms with van der Waals surface area (Å²) in [5.41, 5.74) is -2.18. The number of benzene rings is 1. The van der Waals surface area contributed by atoms with Crippen molar-refractivity contribution < 1.29 is 22.9 Å². The Hall–Kier alpha value is -2.12. The molecule has 0 aliphatic heterocycles. The summed E-state index contributed by atoms with van der Waals surface area (Å²) in [6, 6.07) is 0.378. The molecular weight excluding hydrogens is 265 g/mol. The molecule has 0 bridgehead atoms. The zero-order valence-electron chi connectivity index (χ0n) is 10.2. The first-order valence-electron chi connectivity index (χ1n) is 5.35. The van der Waals surface area contributed by atoms with E-state index in [1.54, 1.807) is 13.8 Å². The monoisotopic (exact) mass is 276 g/mol. The Kier molecular flexibility index (Phi) is 4.47. The number of carbonyl (C=O) groups is 1. The quantitative estimate of drug-likeness (QED) is 0.521. The van der Waals surface area contributed by atoms with Crippen molar-refractivity contribution in [2.45, 2.75) is 13.8 Å². The minimum atomic E-state index is -2.04. The van der Waals surface area contributed by atoms with Crippen molar-refractivity contribution in [2.75, 3.05) is 6.54 Å². The first-order chi connectivity index (χ1) is 8.75. The summed E-state index contributed by atoms with van der Waals surface area (Å²) < 4.78 is 39.6. The lowest BCUT2D eigenvalue weighted by Gasteiger charge is -2.09. The minimum Gasteiger partial charge on any atom is -0.352 e. The summed E-state index contributed by atoms with van der Waals surface area (Å²) in [4.78, 5) is 20.8. The SMILES string of the molecule is CC(C)CNC(=O)c1cc([N+](=O)[O-])c(F)c(F)c1F. The van der Waals surface area contributed by atoms with Crippen molar-refractivity contribution in [3.05, 3.63) is 39.2 Å². The van der Waals surface area contributed by atoms with Gasteiger partial charge >= 0.3 is 5.69 Å².